The molecule has 0 heterocycles. The van der Waals surface area contributed by atoms with Crippen molar-refractivity contribution < 1.29 is 46.1 Å². The summed E-state index contributed by atoms with van der Waals surface area (Å²) in [4.78, 5) is 0. The summed E-state index contributed by atoms with van der Waals surface area (Å²) < 4.78 is 5.03. The minimum absolute atomic E-state index is 0. The van der Waals surface area contributed by atoms with E-state index in [9.17, 15) is 0 Å². The minimum Gasteiger partial charge on any atom is -1.00 e. The summed E-state index contributed by atoms with van der Waals surface area (Å²) in [6.45, 7) is 28.4. The van der Waals surface area contributed by atoms with Gasteiger partial charge in [-0.3, -0.25) is 0 Å². The molecule has 2 aliphatic carbocycles. The summed E-state index contributed by atoms with van der Waals surface area (Å²) in [6.07, 6.45) is 9.33. The molecule has 0 fully saturated rings. The van der Waals surface area contributed by atoms with Crippen molar-refractivity contribution >= 4 is 6.48 Å². The van der Waals surface area contributed by atoms with Gasteiger partial charge >= 0.3 is 301 Å². The molecule has 3 heteroatoms. The smallest absolute Gasteiger partial charge is 1.00 e. The Morgan fingerprint density at radius 1 is 0.680 bits per heavy atom. The number of hydrogen-bond donors (Lipinski definition) is 0. The zero-order chi connectivity index (χ0) is 34.7. The van der Waals surface area contributed by atoms with Crippen LogP contribution in [0.5, 0.6) is 0 Å². The zero-order valence-electron chi connectivity index (χ0n) is 32.4. The first-order valence-corrected chi connectivity index (χ1v) is 21.9. The van der Waals surface area contributed by atoms with Crippen LogP contribution in [0.1, 0.15) is 143 Å². The summed E-state index contributed by atoms with van der Waals surface area (Å²) in [7, 11) is 0. The zero-order valence-corrected chi connectivity index (χ0v) is 36.4. The second-order valence-corrected chi connectivity index (χ2v) is 23.0. The van der Waals surface area contributed by atoms with Crippen LogP contribution in [0, 0.1) is 13.8 Å². The van der Waals surface area contributed by atoms with Gasteiger partial charge in [0, 0.05) is 0 Å². The molecule has 0 aromatic heterocycles. The molecule has 0 atom stereocenters. The van der Waals surface area contributed by atoms with E-state index >= 15 is 0 Å². The maximum Gasteiger partial charge on any atom is -1.00 e. The third-order valence-corrected chi connectivity index (χ3v) is 18.7. The van der Waals surface area contributed by atoms with Crippen LogP contribution in [0.25, 0.3) is 11.1 Å². The molecule has 2 aliphatic rings. The summed E-state index contributed by atoms with van der Waals surface area (Å²) in [6, 6.07) is 26.9. The number of hydrogen-bond acceptors (Lipinski definition) is 0. The number of halogens is 2. The largest absolute Gasteiger partial charge is 1.00 e. The Balaban J connectivity index is 0.00000281. The molecule has 0 radical (unpaired) electrons. The van der Waals surface area contributed by atoms with Gasteiger partial charge in [0.15, 0.2) is 0 Å². The Hall–Kier alpha value is -2.31. The fraction of sp³-hybridized carbons (Fsp3) is 0.383. The molecule has 0 saturated heterocycles. The predicted molar refractivity (Wildman–Crippen MR) is 207 cm³/mol. The van der Waals surface area contributed by atoms with Crippen molar-refractivity contribution in [1.29, 1.82) is 0 Å². The maximum absolute atomic E-state index is 2.84. The predicted octanol–water partition coefficient (Wildman–Crippen LogP) is 6.08. The van der Waals surface area contributed by atoms with Crippen LogP contribution in [0.3, 0.4) is 0 Å². The van der Waals surface area contributed by atoms with Crippen LogP contribution >= 0.6 is 0 Å². The number of allylic oxidation sites excluding steroid dienone is 4. The van der Waals surface area contributed by atoms with E-state index in [2.05, 4.69) is 168 Å². The van der Waals surface area contributed by atoms with Gasteiger partial charge in [-0.1, -0.05) is 0 Å². The first kappa shape index (κ1) is 40.5. The van der Waals surface area contributed by atoms with Crippen LogP contribution < -0.4 is 28.1 Å². The minimum atomic E-state index is -2.84. The average molecular weight is 783 g/mol. The third kappa shape index (κ3) is 7.73. The Kier molecular flexibility index (Phi) is 12.4. The Labute approximate surface area is 323 Å². The molecule has 6 rings (SSSR count). The van der Waals surface area contributed by atoms with Gasteiger partial charge < -0.3 is 24.8 Å². The molecule has 0 bridgehead atoms. The molecule has 0 spiro atoms. The van der Waals surface area contributed by atoms with Crippen molar-refractivity contribution in [1.82, 2.24) is 0 Å². The van der Waals surface area contributed by atoms with Gasteiger partial charge in [-0.2, -0.15) is 0 Å². The van der Waals surface area contributed by atoms with Crippen LogP contribution in [-0.4, -0.2) is 3.21 Å². The van der Waals surface area contributed by atoms with Crippen molar-refractivity contribution in [3.8, 4) is 11.1 Å². The molecule has 0 N–H and O–H groups in total. The second-order valence-electron chi connectivity index (χ2n) is 17.1. The van der Waals surface area contributed by atoms with E-state index in [-0.39, 0.29) is 35.6 Å². The SMILES string of the molecule is Cc1cc2c(c(C(C)(C)C)c1)-c1cc(C(C)(C)C)c(C)[c]([Zr+2]([C]3=CC=CC3)=[C](c3ccc(C(C)C)cc3)c3ccc(C(C)C)cc3)c1C2.[Cl-].[Cl-]. The van der Waals surface area contributed by atoms with Crippen molar-refractivity contribution in [2.45, 2.75) is 119 Å². The number of benzene rings is 4. The summed E-state index contributed by atoms with van der Waals surface area (Å²) >= 11 is -2.84. The Morgan fingerprint density at radius 2 is 1.20 bits per heavy atom. The molecule has 0 unspecified atom stereocenters. The fourth-order valence-corrected chi connectivity index (χ4v) is 16.5. The Bertz CT molecular complexity index is 1920. The van der Waals surface area contributed by atoms with Gasteiger partial charge in [0.25, 0.3) is 0 Å². The quantitative estimate of drug-likeness (QED) is 0.196. The maximum atomic E-state index is 2.61. The molecule has 50 heavy (non-hydrogen) atoms. The van der Waals surface area contributed by atoms with E-state index in [1.165, 1.54) is 55.6 Å². The van der Waals surface area contributed by atoms with Gasteiger partial charge in [-0.15, -0.1) is 0 Å². The van der Waals surface area contributed by atoms with Crippen LogP contribution in [0.2, 0.25) is 0 Å². The first-order chi connectivity index (χ1) is 22.6. The average Bonchev–Trinajstić information content (AvgIpc) is 3.67. The number of rotatable bonds is 6. The molecule has 4 aromatic carbocycles. The number of fused-ring (bicyclic) bond motifs is 3. The summed E-state index contributed by atoms with van der Waals surface area (Å²) in [5.41, 5.74) is 17.8. The number of aryl methyl sites for hydroxylation is 1. The molecular weight excluding hydrogens is 727 g/mol. The van der Waals surface area contributed by atoms with Crippen LogP contribution in [0.4, 0.5) is 0 Å². The monoisotopic (exact) mass is 780 g/mol. The van der Waals surface area contributed by atoms with E-state index < -0.39 is 21.3 Å². The molecule has 262 valence electrons. The van der Waals surface area contributed by atoms with E-state index in [4.69, 9.17) is 0 Å². The van der Waals surface area contributed by atoms with Gasteiger partial charge in [-0.05, 0) is 0 Å². The first-order valence-electron chi connectivity index (χ1n) is 18.2. The Morgan fingerprint density at radius 3 is 1.64 bits per heavy atom. The van der Waals surface area contributed by atoms with Crippen molar-refractivity contribution in [2.24, 2.45) is 0 Å². The molecular formula is C47H56Cl2Zr. The van der Waals surface area contributed by atoms with E-state index in [1.54, 1.807) is 20.9 Å². The van der Waals surface area contributed by atoms with E-state index in [1.807, 2.05) is 0 Å². The van der Waals surface area contributed by atoms with Crippen LogP contribution in [-0.2, 0) is 38.5 Å². The van der Waals surface area contributed by atoms with Crippen molar-refractivity contribution in [2.75, 3.05) is 0 Å². The summed E-state index contributed by atoms with van der Waals surface area (Å²) in [5.74, 6) is 1.03. The second kappa shape index (κ2) is 15.4. The topological polar surface area (TPSA) is 0 Å². The fourth-order valence-electron chi connectivity index (χ4n) is 8.06. The van der Waals surface area contributed by atoms with Crippen molar-refractivity contribution in [3.05, 3.63) is 144 Å². The van der Waals surface area contributed by atoms with Gasteiger partial charge in [0.2, 0.25) is 0 Å². The van der Waals surface area contributed by atoms with E-state index in [0.717, 1.165) is 12.8 Å². The molecule has 0 saturated carbocycles. The molecule has 0 nitrogen and oxygen atoms in total. The van der Waals surface area contributed by atoms with Crippen LogP contribution in [0.15, 0.2) is 88.2 Å². The molecule has 0 amide bonds. The van der Waals surface area contributed by atoms with E-state index in [0.29, 0.717) is 11.8 Å². The van der Waals surface area contributed by atoms with Gasteiger partial charge in [0.1, 0.15) is 0 Å². The summed E-state index contributed by atoms with van der Waals surface area (Å²) in [5, 5.41) is 0. The molecule has 4 aromatic rings. The normalized spacial score (nSPS) is 13.3. The standard InChI is InChI=1S/C23H29.C19H22.C5H5.2ClH.Zr/c1-14-9-17-12-16-11-15(2)19(22(3,4)5)13-18(16)21(17)20(10-14)23(6,7)8;1-14(2)18-9-5-16(6-10-18)13-17-7-11-19(12-8-17)15(3)4;1-2-4-5-3-1;;;/h9-10,13H,12H2,1-8H3;5-12,14-15H,1-4H3;1-3H,4H2;2*1H;/q;;;;;+2/p-2. The van der Waals surface area contributed by atoms with Gasteiger partial charge in [0.05, 0.1) is 0 Å². The third-order valence-electron chi connectivity index (χ3n) is 10.6. The van der Waals surface area contributed by atoms with Crippen molar-refractivity contribution in [3.63, 3.8) is 0 Å². The molecule has 0 aliphatic heterocycles. The van der Waals surface area contributed by atoms with Gasteiger partial charge in [-0.25, -0.2) is 0 Å².